The molecule has 0 bridgehead atoms. The first-order valence-electron chi connectivity index (χ1n) is 8.99. The Kier molecular flexibility index (Phi) is 6.67. The first-order valence-corrected chi connectivity index (χ1v) is 8.99. The van der Waals surface area contributed by atoms with Crippen molar-refractivity contribution in [3.63, 3.8) is 0 Å². The smallest absolute Gasteiger partial charge is 0.258 e. The number of nitrogens with one attached hydrogen (secondary N) is 1. The molecule has 0 unspecified atom stereocenters. The Morgan fingerprint density at radius 3 is 2.31 bits per heavy atom. The Morgan fingerprint density at radius 2 is 1.69 bits per heavy atom. The Bertz CT molecular complexity index is 768. The summed E-state index contributed by atoms with van der Waals surface area (Å²) < 4.78 is 11.1. The molecule has 140 valence electrons. The molecule has 0 aliphatic rings. The fourth-order valence-electron chi connectivity index (χ4n) is 3.03. The molecule has 0 aromatic heterocycles. The van der Waals surface area contributed by atoms with Gasteiger partial charge >= 0.3 is 0 Å². The van der Waals surface area contributed by atoms with E-state index in [0.29, 0.717) is 5.92 Å². The van der Waals surface area contributed by atoms with Gasteiger partial charge in [0.2, 0.25) is 0 Å². The van der Waals surface area contributed by atoms with E-state index in [-0.39, 0.29) is 18.6 Å². The molecule has 0 fully saturated rings. The number of hydrogen-bond donors (Lipinski definition) is 1. The van der Waals surface area contributed by atoms with Crippen molar-refractivity contribution in [1.82, 2.24) is 5.32 Å². The molecule has 0 heterocycles. The summed E-state index contributed by atoms with van der Waals surface area (Å²) in [6.07, 6.45) is 0. The molecule has 0 saturated heterocycles. The van der Waals surface area contributed by atoms with E-state index in [9.17, 15) is 4.79 Å². The molecule has 1 N–H and O–H groups in total. The summed E-state index contributed by atoms with van der Waals surface area (Å²) in [5, 5.41) is 3.03. The number of carbonyl (C=O) groups excluding carboxylic acids is 1. The van der Waals surface area contributed by atoms with E-state index in [2.05, 4.69) is 25.2 Å². The lowest BCUT2D eigenvalue weighted by Gasteiger charge is -2.21. The predicted octanol–water partition coefficient (Wildman–Crippen LogP) is 4.69. The maximum Gasteiger partial charge on any atom is 0.258 e. The van der Waals surface area contributed by atoms with Gasteiger partial charge in [0, 0.05) is 0 Å². The highest BCUT2D eigenvalue weighted by Gasteiger charge is 2.17. The summed E-state index contributed by atoms with van der Waals surface area (Å²) in [6, 6.07) is 11.7. The fraction of sp³-hybridized carbons (Fsp3) is 0.409. The summed E-state index contributed by atoms with van der Waals surface area (Å²) in [7, 11) is 1.69. The summed E-state index contributed by atoms with van der Waals surface area (Å²) in [5.74, 6) is 1.83. The van der Waals surface area contributed by atoms with E-state index in [1.54, 1.807) is 7.11 Å². The van der Waals surface area contributed by atoms with Crippen molar-refractivity contribution in [3.05, 3.63) is 58.7 Å². The van der Waals surface area contributed by atoms with Crippen LogP contribution >= 0.6 is 0 Å². The van der Waals surface area contributed by atoms with Crippen LogP contribution < -0.4 is 14.8 Å². The van der Waals surface area contributed by atoms with Crippen molar-refractivity contribution in [3.8, 4) is 11.5 Å². The zero-order chi connectivity index (χ0) is 19.3. The second-order valence-corrected chi connectivity index (χ2v) is 6.95. The highest BCUT2D eigenvalue weighted by Crippen LogP contribution is 2.32. The van der Waals surface area contributed by atoms with E-state index in [1.165, 1.54) is 0 Å². The van der Waals surface area contributed by atoms with E-state index in [0.717, 1.165) is 33.8 Å². The first kappa shape index (κ1) is 19.8. The molecule has 2 aromatic carbocycles. The van der Waals surface area contributed by atoms with Gasteiger partial charge in [-0.25, -0.2) is 0 Å². The molecule has 26 heavy (non-hydrogen) atoms. The molecule has 0 radical (unpaired) electrons. The molecule has 2 aromatic rings. The number of amides is 1. The number of ether oxygens (including phenoxy) is 2. The third kappa shape index (κ3) is 4.78. The topological polar surface area (TPSA) is 47.6 Å². The standard InChI is InChI=1S/C22H29NO3/c1-14(2)18-12-19(16(4)11-21(18)25-6)17(5)23-22(24)13-26-20-10-8-7-9-15(20)3/h7-12,14,17H,13H2,1-6H3,(H,23,24)/t17-/m1/s1. The number of carbonyl (C=O) groups is 1. The van der Waals surface area contributed by atoms with Crippen LogP contribution in [0.4, 0.5) is 0 Å². The zero-order valence-electron chi connectivity index (χ0n) is 16.6. The number of benzene rings is 2. The van der Waals surface area contributed by atoms with Crippen molar-refractivity contribution in [2.24, 2.45) is 0 Å². The summed E-state index contributed by atoms with van der Waals surface area (Å²) in [5.41, 5.74) is 4.35. The minimum absolute atomic E-state index is 0.00142. The van der Waals surface area contributed by atoms with Gasteiger partial charge in [0.05, 0.1) is 13.2 Å². The molecular weight excluding hydrogens is 326 g/mol. The quantitative estimate of drug-likeness (QED) is 0.784. The van der Waals surface area contributed by atoms with Gasteiger partial charge in [-0.15, -0.1) is 0 Å². The van der Waals surface area contributed by atoms with Crippen molar-refractivity contribution in [1.29, 1.82) is 0 Å². The molecule has 2 rings (SSSR count). The van der Waals surface area contributed by atoms with Crippen molar-refractivity contribution in [2.75, 3.05) is 13.7 Å². The van der Waals surface area contributed by atoms with Gasteiger partial charge in [0.25, 0.3) is 5.91 Å². The molecule has 0 aliphatic carbocycles. The molecule has 4 heteroatoms. The van der Waals surface area contributed by atoms with E-state index >= 15 is 0 Å². The van der Waals surface area contributed by atoms with Crippen LogP contribution in [0.1, 0.15) is 55.0 Å². The van der Waals surface area contributed by atoms with Gasteiger partial charge in [-0.2, -0.15) is 0 Å². The highest BCUT2D eigenvalue weighted by molar-refractivity contribution is 5.78. The average Bonchev–Trinajstić information content (AvgIpc) is 2.60. The minimum atomic E-state index is -0.137. The molecule has 1 atom stereocenters. The van der Waals surface area contributed by atoms with Gasteiger partial charge in [-0.05, 0) is 67.1 Å². The van der Waals surface area contributed by atoms with Gasteiger partial charge in [0.1, 0.15) is 11.5 Å². The normalized spacial score (nSPS) is 12.0. The number of rotatable bonds is 7. The van der Waals surface area contributed by atoms with Crippen LogP contribution in [0.5, 0.6) is 11.5 Å². The summed E-state index contributed by atoms with van der Waals surface area (Å²) in [6.45, 7) is 10.3. The SMILES string of the molecule is COc1cc(C)c([C@@H](C)NC(=O)COc2ccccc2C)cc1C(C)C. The van der Waals surface area contributed by atoms with Gasteiger partial charge in [-0.1, -0.05) is 32.0 Å². The molecule has 1 amide bonds. The van der Waals surface area contributed by atoms with Crippen molar-refractivity contribution < 1.29 is 14.3 Å². The van der Waals surface area contributed by atoms with Crippen LogP contribution in [0.3, 0.4) is 0 Å². The lowest BCUT2D eigenvalue weighted by molar-refractivity contribution is -0.123. The van der Waals surface area contributed by atoms with Crippen molar-refractivity contribution >= 4 is 5.91 Å². The van der Waals surface area contributed by atoms with Crippen molar-refractivity contribution in [2.45, 2.75) is 46.6 Å². The third-order valence-electron chi connectivity index (χ3n) is 4.54. The maximum atomic E-state index is 12.3. The van der Waals surface area contributed by atoms with E-state index in [4.69, 9.17) is 9.47 Å². The second-order valence-electron chi connectivity index (χ2n) is 6.95. The first-order chi connectivity index (χ1) is 12.3. The molecular formula is C22H29NO3. The second kappa shape index (κ2) is 8.75. The Morgan fingerprint density at radius 1 is 1.00 bits per heavy atom. The fourth-order valence-corrected chi connectivity index (χ4v) is 3.03. The van der Waals surface area contributed by atoms with Crippen LogP contribution in [0.2, 0.25) is 0 Å². The average molecular weight is 355 g/mol. The molecule has 4 nitrogen and oxygen atoms in total. The van der Waals surface area contributed by atoms with E-state index < -0.39 is 0 Å². The minimum Gasteiger partial charge on any atom is -0.496 e. The molecule has 0 aliphatic heterocycles. The largest absolute Gasteiger partial charge is 0.496 e. The van der Waals surface area contributed by atoms with Gasteiger partial charge in [0.15, 0.2) is 6.61 Å². The van der Waals surface area contributed by atoms with Crippen LogP contribution in [0.15, 0.2) is 36.4 Å². The monoisotopic (exact) mass is 355 g/mol. The lowest BCUT2D eigenvalue weighted by Crippen LogP contribution is -2.31. The third-order valence-corrected chi connectivity index (χ3v) is 4.54. The van der Waals surface area contributed by atoms with Crippen LogP contribution in [-0.4, -0.2) is 19.6 Å². The summed E-state index contributed by atoms with van der Waals surface area (Å²) >= 11 is 0. The number of hydrogen-bond acceptors (Lipinski definition) is 3. The van der Waals surface area contributed by atoms with Crippen LogP contribution in [-0.2, 0) is 4.79 Å². The zero-order valence-corrected chi connectivity index (χ0v) is 16.6. The van der Waals surface area contributed by atoms with Crippen LogP contribution in [0.25, 0.3) is 0 Å². The van der Waals surface area contributed by atoms with Crippen LogP contribution in [0, 0.1) is 13.8 Å². The molecule has 0 spiro atoms. The molecule has 0 saturated carbocycles. The Labute approximate surface area is 156 Å². The Hall–Kier alpha value is -2.49. The number of methoxy groups -OCH3 is 1. The highest BCUT2D eigenvalue weighted by atomic mass is 16.5. The van der Waals surface area contributed by atoms with E-state index in [1.807, 2.05) is 51.1 Å². The maximum absolute atomic E-state index is 12.3. The summed E-state index contributed by atoms with van der Waals surface area (Å²) in [4.78, 5) is 12.3. The number of para-hydroxylation sites is 1. The van der Waals surface area contributed by atoms with Gasteiger partial charge < -0.3 is 14.8 Å². The lowest BCUT2D eigenvalue weighted by atomic mass is 9.93. The predicted molar refractivity (Wildman–Crippen MR) is 105 cm³/mol. The number of aryl methyl sites for hydroxylation is 2. The Balaban J connectivity index is 2.07. The van der Waals surface area contributed by atoms with Gasteiger partial charge in [-0.3, -0.25) is 4.79 Å².